The monoisotopic (exact) mass is 253 g/mol. The summed E-state index contributed by atoms with van der Waals surface area (Å²) in [6.45, 7) is 6.03. The van der Waals surface area contributed by atoms with E-state index in [2.05, 4.69) is 11.1 Å². The maximum atomic E-state index is 11.3. The summed E-state index contributed by atoms with van der Waals surface area (Å²) < 4.78 is 1.95. The molecule has 0 spiro atoms. The zero-order chi connectivity index (χ0) is 14.0. The molecule has 0 saturated heterocycles. The standard InChI is InChI=1S/C15H15N3O/c1-10-6-13(7-16)4-5-14(10)8-18-9-15(11(2)19)17-12(18)3/h4-6,9H,8H2,1-3H3. The van der Waals surface area contributed by atoms with E-state index in [1.807, 2.05) is 30.5 Å². The molecule has 2 rings (SSSR count). The molecule has 2 aromatic rings. The lowest BCUT2D eigenvalue weighted by Crippen LogP contribution is -2.02. The Labute approximate surface area is 112 Å². The zero-order valence-corrected chi connectivity index (χ0v) is 11.3. The average molecular weight is 253 g/mol. The number of carbonyl (C=O) groups is 1. The summed E-state index contributed by atoms with van der Waals surface area (Å²) in [5.74, 6) is 0.785. The number of carbonyl (C=O) groups excluding carboxylic acids is 1. The SMILES string of the molecule is CC(=O)c1cn(Cc2ccc(C#N)cc2C)c(C)n1. The van der Waals surface area contributed by atoms with Gasteiger partial charge >= 0.3 is 0 Å². The maximum Gasteiger partial charge on any atom is 0.179 e. The summed E-state index contributed by atoms with van der Waals surface area (Å²) in [5, 5.41) is 8.85. The maximum absolute atomic E-state index is 11.3. The van der Waals surface area contributed by atoms with Gasteiger partial charge in [0.2, 0.25) is 0 Å². The molecule has 0 bridgehead atoms. The fourth-order valence-corrected chi connectivity index (χ4v) is 1.96. The van der Waals surface area contributed by atoms with Crippen LogP contribution in [0.15, 0.2) is 24.4 Å². The predicted molar refractivity (Wildman–Crippen MR) is 72.0 cm³/mol. The van der Waals surface area contributed by atoms with Gasteiger partial charge in [-0.1, -0.05) is 6.07 Å². The Morgan fingerprint density at radius 2 is 2.16 bits per heavy atom. The molecule has 0 aliphatic carbocycles. The van der Waals surface area contributed by atoms with E-state index in [0.29, 0.717) is 17.8 Å². The van der Waals surface area contributed by atoms with Crippen molar-refractivity contribution >= 4 is 5.78 Å². The highest BCUT2D eigenvalue weighted by Crippen LogP contribution is 2.14. The zero-order valence-electron chi connectivity index (χ0n) is 11.3. The quantitative estimate of drug-likeness (QED) is 0.790. The predicted octanol–water partition coefficient (Wildman–Crippen LogP) is 2.62. The summed E-state index contributed by atoms with van der Waals surface area (Å²) in [7, 11) is 0. The van der Waals surface area contributed by atoms with Gasteiger partial charge in [0, 0.05) is 19.7 Å². The molecule has 0 N–H and O–H groups in total. The first-order valence-electron chi connectivity index (χ1n) is 6.05. The van der Waals surface area contributed by atoms with Crippen LogP contribution in [0.4, 0.5) is 0 Å². The minimum absolute atomic E-state index is 0.0293. The van der Waals surface area contributed by atoms with Gasteiger partial charge in [0.15, 0.2) is 5.78 Å². The molecule has 0 saturated carbocycles. The van der Waals surface area contributed by atoms with Crippen molar-refractivity contribution in [1.82, 2.24) is 9.55 Å². The van der Waals surface area contributed by atoms with Gasteiger partial charge in [-0.25, -0.2) is 4.98 Å². The number of nitrogens with zero attached hydrogens (tertiary/aromatic N) is 3. The minimum atomic E-state index is -0.0293. The van der Waals surface area contributed by atoms with Crippen molar-refractivity contribution in [3.8, 4) is 6.07 Å². The van der Waals surface area contributed by atoms with Crippen LogP contribution in [0.3, 0.4) is 0 Å². The molecule has 1 aromatic heterocycles. The number of nitriles is 1. The Kier molecular flexibility index (Phi) is 3.48. The molecular formula is C15H15N3O. The third-order valence-corrected chi connectivity index (χ3v) is 3.15. The van der Waals surface area contributed by atoms with E-state index in [9.17, 15) is 4.79 Å². The summed E-state index contributed by atoms with van der Waals surface area (Å²) in [5.41, 5.74) is 3.34. The fraction of sp³-hybridized carbons (Fsp3) is 0.267. The summed E-state index contributed by atoms with van der Waals surface area (Å²) in [4.78, 5) is 15.5. The number of Topliss-reactive ketones (excluding diaryl/α,β-unsaturated/α-hetero) is 1. The number of rotatable bonds is 3. The molecule has 0 aliphatic heterocycles. The van der Waals surface area contributed by atoms with Crippen LogP contribution in [0.25, 0.3) is 0 Å². The van der Waals surface area contributed by atoms with E-state index >= 15 is 0 Å². The highest BCUT2D eigenvalue weighted by molar-refractivity contribution is 5.91. The molecule has 96 valence electrons. The molecular weight excluding hydrogens is 238 g/mol. The largest absolute Gasteiger partial charge is 0.330 e. The van der Waals surface area contributed by atoms with E-state index in [4.69, 9.17) is 5.26 Å². The Hall–Kier alpha value is -2.41. The number of ketones is 1. The molecule has 4 heteroatoms. The minimum Gasteiger partial charge on any atom is -0.330 e. The lowest BCUT2D eigenvalue weighted by atomic mass is 10.1. The first-order valence-corrected chi connectivity index (χ1v) is 6.05. The molecule has 0 unspecified atom stereocenters. The normalized spacial score (nSPS) is 10.2. The van der Waals surface area contributed by atoms with Gasteiger partial charge in [-0.15, -0.1) is 0 Å². The van der Waals surface area contributed by atoms with Crippen molar-refractivity contribution in [3.05, 3.63) is 52.6 Å². The van der Waals surface area contributed by atoms with Gasteiger partial charge < -0.3 is 4.57 Å². The molecule has 1 heterocycles. The first kappa shape index (κ1) is 13.0. The Balaban J connectivity index is 2.31. The third kappa shape index (κ3) is 2.71. The van der Waals surface area contributed by atoms with Crippen molar-refractivity contribution in [2.75, 3.05) is 0 Å². The Morgan fingerprint density at radius 1 is 1.42 bits per heavy atom. The van der Waals surface area contributed by atoms with Crippen LogP contribution >= 0.6 is 0 Å². The second-order valence-electron chi connectivity index (χ2n) is 4.61. The number of hydrogen-bond donors (Lipinski definition) is 0. The van der Waals surface area contributed by atoms with E-state index < -0.39 is 0 Å². The van der Waals surface area contributed by atoms with E-state index in [1.165, 1.54) is 6.92 Å². The van der Waals surface area contributed by atoms with Crippen LogP contribution in [0, 0.1) is 25.2 Å². The van der Waals surface area contributed by atoms with E-state index in [-0.39, 0.29) is 5.78 Å². The molecule has 1 aromatic carbocycles. The van der Waals surface area contributed by atoms with Gasteiger partial charge in [0.25, 0.3) is 0 Å². The van der Waals surface area contributed by atoms with Crippen molar-refractivity contribution in [1.29, 1.82) is 5.26 Å². The van der Waals surface area contributed by atoms with Crippen LogP contribution in [0.1, 0.15) is 39.9 Å². The molecule has 0 radical (unpaired) electrons. The van der Waals surface area contributed by atoms with Crippen molar-refractivity contribution in [2.24, 2.45) is 0 Å². The second kappa shape index (κ2) is 5.07. The van der Waals surface area contributed by atoms with Gasteiger partial charge in [0.1, 0.15) is 11.5 Å². The summed E-state index contributed by atoms with van der Waals surface area (Å²) in [6.07, 6.45) is 1.77. The highest BCUT2D eigenvalue weighted by Gasteiger charge is 2.09. The van der Waals surface area contributed by atoms with Gasteiger partial charge in [-0.2, -0.15) is 5.26 Å². The first-order chi connectivity index (χ1) is 9.01. The van der Waals surface area contributed by atoms with Crippen molar-refractivity contribution < 1.29 is 4.79 Å². The Bertz CT molecular complexity index is 677. The molecule has 19 heavy (non-hydrogen) atoms. The van der Waals surface area contributed by atoms with Crippen molar-refractivity contribution in [3.63, 3.8) is 0 Å². The van der Waals surface area contributed by atoms with Crippen molar-refractivity contribution in [2.45, 2.75) is 27.3 Å². The van der Waals surface area contributed by atoms with Crippen LogP contribution in [0.2, 0.25) is 0 Å². The number of benzene rings is 1. The van der Waals surface area contributed by atoms with Crippen LogP contribution in [0.5, 0.6) is 0 Å². The molecule has 4 nitrogen and oxygen atoms in total. The topological polar surface area (TPSA) is 58.7 Å². The van der Waals surface area contributed by atoms with Gasteiger partial charge in [-0.3, -0.25) is 4.79 Å². The third-order valence-electron chi connectivity index (χ3n) is 3.15. The second-order valence-corrected chi connectivity index (χ2v) is 4.61. The number of hydrogen-bond acceptors (Lipinski definition) is 3. The van der Waals surface area contributed by atoms with Crippen LogP contribution < -0.4 is 0 Å². The molecule has 0 atom stereocenters. The lowest BCUT2D eigenvalue weighted by Gasteiger charge is -2.08. The van der Waals surface area contributed by atoms with E-state index in [0.717, 1.165) is 17.0 Å². The highest BCUT2D eigenvalue weighted by atomic mass is 16.1. The van der Waals surface area contributed by atoms with Gasteiger partial charge in [-0.05, 0) is 37.1 Å². The molecule has 0 amide bonds. The smallest absolute Gasteiger partial charge is 0.179 e. The van der Waals surface area contributed by atoms with E-state index in [1.54, 1.807) is 12.3 Å². The molecule has 0 aliphatic rings. The van der Waals surface area contributed by atoms with Gasteiger partial charge in [0.05, 0.1) is 11.6 Å². The van der Waals surface area contributed by atoms with Crippen LogP contribution in [-0.4, -0.2) is 15.3 Å². The van der Waals surface area contributed by atoms with Crippen LogP contribution in [-0.2, 0) is 6.54 Å². The number of aromatic nitrogens is 2. The number of aryl methyl sites for hydroxylation is 2. The molecule has 0 fully saturated rings. The number of imidazole rings is 1. The Morgan fingerprint density at radius 3 is 2.68 bits per heavy atom. The summed E-state index contributed by atoms with van der Waals surface area (Å²) in [6, 6.07) is 7.75. The lowest BCUT2D eigenvalue weighted by molar-refractivity contribution is 0.101. The average Bonchev–Trinajstić information content (AvgIpc) is 2.73. The summed E-state index contributed by atoms with van der Waals surface area (Å²) >= 11 is 0. The fourth-order valence-electron chi connectivity index (χ4n) is 1.96.